The van der Waals surface area contributed by atoms with Crippen LogP contribution in [0.5, 0.6) is 0 Å². The summed E-state index contributed by atoms with van der Waals surface area (Å²) < 4.78 is 5.29. The van der Waals surface area contributed by atoms with E-state index in [-0.39, 0.29) is 17.5 Å². The molecular weight excluding hydrogens is 300 g/mol. The van der Waals surface area contributed by atoms with E-state index in [1.54, 1.807) is 11.0 Å². The summed E-state index contributed by atoms with van der Waals surface area (Å²) in [6, 6.07) is 4.53. The van der Waals surface area contributed by atoms with Gasteiger partial charge in [-0.1, -0.05) is 11.2 Å². The molecule has 0 radical (unpaired) electrons. The van der Waals surface area contributed by atoms with Gasteiger partial charge in [-0.2, -0.15) is 4.98 Å². The predicted octanol–water partition coefficient (Wildman–Crippen LogP) is 2.29. The summed E-state index contributed by atoms with van der Waals surface area (Å²) in [5.74, 6) is 0.658. The van der Waals surface area contributed by atoms with Crippen molar-refractivity contribution in [3.63, 3.8) is 0 Å². The molecule has 2 heterocycles. The van der Waals surface area contributed by atoms with Crippen molar-refractivity contribution in [3.05, 3.63) is 39.8 Å². The molecule has 23 heavy (non-hydrogen) atoms. The number of nitro groups is 1. The molecule has 2 aromatic rings. The third-order valence-corrected chi connectivity index (χ3v) is 4.06. The number of hydrogen-bond acceptors (Lipinski definition) is 6. The maximum absolute atomic E-state index is 11.8. The molecule has 1 fully saturated rings. The molecule has 1 aliphatic heterocycles. The fourth-order valence-electron chi connectivity index (χ4n) is 2.72. The molecule has 120 valence electrons. The lowest BCUT2D eigenvalue weighted by molar-refractivity contribution is -0.384. The number of likely N-dealkylation sites (N-methyl/N-ethyl adjacent to an activating group) is 1. The summed E-state index contributed by atoms with van der Waals surface area (Å²) >= 11 is 0. The average molecular weight is 316 g/mol. The van der Waals surface area contributed by atoms with Crippen LogP contribution in [-0.2, 0) is 4.79 Å². The van der Waals surface area contributed by atoms with Crippen LogP contribution in [0.25, 0.3) is 11.4 Å². The topological polar surface area (TPSA) is 102 Å². The summed E-state index contributed by atoms with van der Waals surface area (Å²) in [6.07, 6.45) is 0.351. The van der Waals surface area contributed by atoms with Crippen molar-refractivity contribution >= 4 is 11.6 Å². The highest BCUT2D eigenvalue weighted by Crippen LogP contribution is 2.30. The molecule has 3 rings (SSSR count). The monoisotopic (exact) mass is 316 g/mol. The molecule has 1 saturated heterocycles. The minimum Gasteiger partial charge on any atom is -0.342 e. The standard InChI is InChI=1S/C15H16N4O4/c1-3-18-8-10(6-13(18)20)15-16-14(17-23-15)12-7-11(19(21)22)5-4-9(12)2/h4-5,7,10H,3,6,8H2,1-2H3/t10-/m1/s1. The van der Waals surface area contributed by atoms with Crippen molar-refractivity contribution in [2.45, 2.75) is 26.2 Å². The van der Waals surface area contributed by atoms with Gasteiger partial charge < -0.3 is 9.42 Å². The smallest absolute Gasteiger partial charge is 0.270 e. The summed E-state index contributed by atoms with van der Waals surface area (Å²) in [7, 11) is 0. The molecule has 0 spiro atoms. The van der Waals surface area contributed by atoms with E-state index in [0.29, 0.717) is 36.8 Å². The Morgan fingerprint density at radius 1 is 1.48 bits per heavy atom. The Kier molecular flexibility index (Phi) is 3.81. The Morgan fingerprint density at radius 2 is 2.26 bits per heavy atom. The molecule has 1 aromatic heterocycles. The number of likely N-dealkylation sites (tertiary alicyclic amines) is 1. The van der Waals surface area contributed by atoms with Gasteiger partial charge in [0.2, 0.25) is 17.6 Å². The van der Waals surface area contributed by atoms with E-state index >= 15 is 0 Å². The van der Waals surface area contributed by atoms with Gasteiger partial charge >= 0.3 is 0 Å². The first-order chi connectivity index (χ1) is 11.0. The molecule has 0 aliphatic carbocycles. The number of hydrogen-bond donors (Lipinski definition) is 0. The lowest BCUT2D eigenvalue weighted by Gasteiger charge is -2.11. The molecule has 0 bridgehead atoms. The van der Waals surface area contributed by atoms with E-state index in [9.17, 15) is 14.9 Å². The SMILES string of the molecule is CCN1C[C@H](c2nc(-c3cc([N+](=O)[O-])ccc3C)no2)CC1=O. The van der Waals surface area contributed by atoms with Gasteiger partial charge in [-0.15, -0.1) is 0 Å². The first-order valence-electron chi connectivity index (χ1n) is 7.36. The molecule has 1 aliphatic rings. The normalized spacial score (nSPS) is 17.7. The molecular formula is C15H16N4O4. The number of nitro benzene ring substituents is 1. The van der Waals surface area contributed by atoms with Crippen LogP contribution in [0.1, 0.15) is 30.7 Å². The average Bonchev–Trinajstić information content (AvgIpc) is 3.13. The van der Waals surface area contributed by atoms with Gasteiger partial charge in [0.1, 0.15) is 0 Å². The lowest BCUT2D eigenvalue weighted by atomic mass is 10.1. The molecule has 0 saturated carbocycles. The van der Waals surface area contributed by atoms with Crippen LogP contribution in [-0.4, -0.2) is 39.0 Å². The highest BCUT2D eigenvalue weighted by molar-refractivity contribution is 5.79. The highest BCUT2D eigenvalue weighted by Gasteiger charge is 2.33. The number of carbonyl (C=O) groups is 1. The van der Waals surface area contributed by atoms with Crippen LogP contribution < -0.4 is 0 Å². The van der Waals surface area contributed by atoms with Crippen molar-refractivity contribution < 1.29 is 14.2 Å². The van der Waals surface area contributed by atoms with Gasteiger partial charge in [-0.05, 0) is 19.4 Å². The number of nitrogens with zero attached hydrogens (tertiary/aromatic N) is 4. The number of amides is 1. The van der Waals surface area contributed by atoms with Crippen molar-refractivity contribution in [2.24, 2.45) is 0 Å². The quantitative estimate of drug-likeness (QED) is 0.633. The van der Waals surface area contributed by atoms with E-state index in [4.69, 9.17) is 4.52 Å². The Balaban J connectivity index is 1.89. The summed E-state index contributed by atoms with van der Waals surface area (Å²) in [5, 5.41) is 14.8. The van der Waals surface area contributed by atoms with Gasteiger partial charge in [0.25, 0.3) is 5.69 Å². The number of non-ortho nitro benzene ring substituents is 1. The predicted molar refractivity (Wildman–Crippen MR) is 80.7 cm³/mol. The minimum atomic E-state index is -0.460. The van der Waals surface area contributed by atoms with E-state index in [1.165, 1.54) is 12.1 Å². The Hall–Kier alpha value is -2.77. The van der Waals surface area contributed by atoms with Crippen LogP contribution in [0.2, 0.25) is 0 Å². The molecule has 8 nitrogen and oxygen atoms in total. The summed E-state index contributed by atoms with van der Waals surface area (Å²) in [5.41, 5.74) is 1.36. The molecule has 1 amide bonds. The first kappa shape index (κ1) is 15.1. The number of carbonyl (C=O) groups excluding carboxylic acids is 1. The van der Waals surface area contributed by atoms with Crippen molar-refractivity contribution in [2.75, 3.05) is 13.1 Å². The zero-order valence-electron chi connectivity index (χ0n) is 12.9. The van der Waals surface area contributed by atoms with Crippen LogP contribution in [0.3, 0.4) is 0 Å². The Bertz CT molecular complexity index is 771. The highest BCUT2D eigenvalue weighted by atomic mass is 16.6. The Morgan fingerprint density at radius 3 is 2.91 bits per heavy atom. The third kappa shape index (κ3) is 2.79. The van der Waals surface area contributed by atoms with Crippen LogP contribution in [0.4, 0.5) is 5.69 Å². The summed E-state index contributed by atoms with van der Waals surface area (Å²) in [6.45, 7) is 4.96. The third-order valence-electron chi connectivity index (χ3n) is 4.06. The molecule has 0 N–H and O–H groups in total. The van der Waals surface area contributed by atoms with Crippen LogP contribution >= 0.6 is 0 Å². The second-order valence-corrected chi connectivity index (χ2v) is 5.55. The zero-order valence-corrected chi connectivity index (χ0v) is 12.9. The fraction of sp³-hybridized carbons (Fsp3) is 0.400. The van der Waals surface area contributed by atoms with E-state index in [2.05, 4.69) is 10.1 Å². The minimum absolute atomic E-state index is 0.0230. The molecule has 1 aromatic carbocycles. The number of aryl methyl sites for hydroxylation is 1. The number of benzene rings is 1. The maximum atomic E-state index is 11.8. The van der Waals surface area contributed by atoms with Crippen molar-refractivity contribution in [3.8, 4) is 11.4 Å². The van der Waals surface area contributed by atoms with E-state index < -0.39 is 4.92 Å². The second kappa shape index (κ2) is 5.79. The van der Waals surface area contributed by atoms with E-state index in [1.807, 2.05) is 13.8 Å². The molecule has 0 unspecified atom stereocenters. The fourth-order valence-corrected chi connectivity index (χ4v) is 2.72. The Labute approximate surface area is 132 Å². The van der Waals surface area contributed by atoms with Gasteiger partial charge in [-0.3, -0.25) is 14.9 Å². The van der Waals surface area contributed by atoms with Gasteiger partial charge in [0.15, 0.2) is 0 Å². The number of rotatable bonds is 4. The largest absolute Gasteiger partial charge is 0.342 e. The van der Waals surface area contributed by atoms with Crippen molar-refractivity contribution in [1.82, 2.24) is 15.0 Å². The van der Waals surface area contributed by atoms with Crippen LogP contribution in [0.15, 0.2) is 22.7 Å². The zero-order chi connectivity index (χ0) is 16.6. The van der Waals surface area contributed by atoms with Gasteiger partial charge in [0.05, 0.1) is 10.8 Å². The van der Waals surface area contributed by atoms with Crippen LogP contribution in [0, 0.1) is 17.0 Å². The number of aromatic nitrogens is 2. The maximum Gasteiger partial charge on any atom is 0.270 e. The molecule has 1 atom stereocenters. The molecule has 8 heteroatoms. The first-order valence-corrected chi connectivity index (χ1v) is 7.36. The van der Waals surface area contributed by atoms with Gasteiger partial charge in [0, 0.05) is 37.2 Å². The van der Waals surface area contributed by atoms with E-state index in [0.717, 1.165) is 5.56 Å². The van der Waals surface area contributed by atoms with Gasteiger partial charge in [-0.25, -0.2) is 0 Å². The van der Waals surface area contributed by atoms with Crippen molar-refractivity contribution in [1.29, 1.82) is 0 Å². The summed E-state index contributed by atoms with van der Waals surface area (Å²) in [4.78, 5) is 28.3. The lowest BCUT2D eigenvalue weighted by Crippen LogP contribution is -2.24. The second-order valence-electron chi connectivity index (χ2n) is 5.55.